The van der Waals surface area contributed by atoms with Crippen molar-refractivity contribution in [2.24, 2.45) is 0 Å². The highest BCUT2D eigenvalue weighted by molar-refractivity contribution is 6.32. The summed E-state index contributed by atoms with van der Waals surface area (Å²) >= 11 is 6.06. The van der Waals surface area contributed by atoms with Crippen LogP contribution < -0.4 is 10.2 Å². The van der Waals surface area contributed by atoms with Crippen LogP contribution in [0.4, 0.5) is 24.8 Å². The van der Waals surface area contributed by atoms with E-state index < -0.39 is 17.2 Å². The number of aromatic nitrogens is 5. The van der Waals surface area contributed by atoms with E-state index in [-0.39, 0.29) is 54.2 Å². The van der Waals surface area contributed by atoms with Gasteiger partial charge in [-0.3, -0.25) is 4.79 Å². The first kappa shape index (κ1) is 28.1. The molecular weight excluding hydrogens is 595 g/mol. The van der Waals surface area contributed by atoms with Crippen molar-refractivity contribution in [1.29, 1.82) is 0 Å². The average molecular weight is 620 g/mol. The smallest absolute Gasteiger partial charge is 0.251 e. The van der Waals surface area contributed by atoms with Gasteiger partial charge in [0.05, 0.1) is 16.3 Å². The number of amides is 1. The predicted octanol–water partition coefficient (Wildman–Crippen LogP) is 5.77. The van der Waals surface area contributed by atoms with Crippen molar-refractivity contribution in [2.45, 2.75) is 37.5 Å². The fourth-order valence-corrected chi connectivity index (χ4v) is 5.97. The van der Waals surface area contributed by atoms with Gasteiger partial charge in [0.1, 0.15) is 34.3 Å². The largest absolute Gasteiger partial charge is 0.506 e. The second-order valence-electron chi connectivity index (χ2n) is 11.2. The molecule has 2 aliphatic rings. The maximum absolute atomic E-state index is 14.2. The number of imidazole rings is 1. The Kier molecular flexibility index (Phi) is 6.50. The molecule has 7 rings (SSSR count). The van der Waals surface area contributed by atoms with Crippen molar-refractivity contribution >= 4 is 34.8 Å². The molecule has 1 amide bonds. The number of hydrogen-bond donors (Lipinski definition) is 2. The molecule has 0 unspecified atom stereocenters. The van der Waals surface area contributed by atoms with Crippen molar-refractivity contribution < 1.29 is 23.1 Å². The van der Waals surface area contributed by atoms with Crippen LogP contribution >= 0.6 is 11.6 Å². The molecule has 0 spiro atoms. The van der Waals surface area contributed by atoms with Crippen LogP contribution in [0.5, 0.6) is 5.75 Å². The number of carbonyl (C=O) groups excluding carboxylic acids is 1. The minimum Gasteiger partial charge on any atom is -0.506 e. The van der Waals surface area contributed by atoms with Gasteiger partial charge >= 0.3 is 0 Å². The van der Waals surface area contributed by atoms with Crippen LogP contribution in [0, 0.1) is 5.82 Å². The number of fused-ring (bicyclic) bond motifs is 2. The summed E-state index contributed by atoms with van der Waals surface area (Å²) < 4.78 is 43.8. The minimum absolute atomic E-state index is 0.00975. The first-order valence-corrected chi connectivity index (χ1v) is 14.3. The summed E-state index contributed by atoms with van der Waals surface area (Å²) in [6, 6.07) is 10.6. The molecule has 0 saturated carbocycles. The lowest BCUT2D eigenvalue weighted by molar-refractivity contribution is -0.119. The van der Waals surface area contributed by atoms with Crippen LogP contribution in [-0.4, -0.2) is 54.4 Å². The highest BCUT2D eigenvalue weighted by Crippen LogP contribution is 2.48. The van der Waals surface area contributed by atoms with E-state index in [9.17, 15) is 23.1 Å². The second kappa shape index (κ2) is 10.2. The Morgan fingerprint density at radius 2 is 1.82 bits per heavy atom. The number of nitrogens with zero attached hydrogens (tertiary/aromatic N) is 6. The zero-order valence-corrected chi connectivity index (χ0v) is 24.1. The van der Waals surface area contributed by atoms with Gasteiger partial charge in [0.25, 0.3) is 5.92 Å². The summed E-state index contributed by atoms with van der Waals surface area (Å²) in [5, 5.41) is 13.3. The lowest BCUT2D eigenvalue weighted by atomic mass is 9.77. The number of benzene rings is 2. The Balaban J connectivity index is 1.39. The van der Waals surface area contributed by atoms with E-state index in [4.69, 9.17) is 26.6 Å². The molecule has 2 aromatic carbocycles. The van der Waals surface area contributed by atoms with E-state index in [1.807, 2.05) is 0 Å². The normalized spacial score (nSPS) is 19.3. The van der Waals surface area contributed by atoms with Gasteiger partial charge in [-0.1, -0.05) is 29.8 Å². The predicted molar refractivity (Wildman–Crippen MR) is 158 cm³/mol. The molecule has 9 nitrogen and oxygen atoms in total. The number of rotatable bonds is 5. The third-order valence-corrected chi connectivity index (χ3v) is 8.67. The first-order valence-electron chi connectivity index (χ1n) is 13.9. The molecule has 3 aromatic heterocycles. The number of alkyl halides is 2. The Morgan fingerprint density at radius 1 is 1.07 bits per heavy atom. The minimum atomic E-state index is -2.81. The Hall–Kier alpha value is -4.71. The topological polar surface area (TPSA) is 109 Å². The van der Waals surface area contributed by atoms with Gasteiger partial charge in [0, 0.05) is 50.9 Å². The number of aromatic hydroxyl groups is 1. The van der Waals surface area contributed by atoms with E-state index in [0.29, 0.717) is 40.4 Å². The van der Waals surface area contributed by atoms with Gasteiger partial charge in [-0.2, -0.15) is 0 Å². The maximum atomic E-state index is 14.2. The molecule has 13 heteroatoms. The monoisotopic (exact) mass is 619 g/mol. The molecule has 1 atom stereocenters. The molecule has 2 aliphatic heterocycles. The summed E-state index contributed by atoms with van der Waals surface area (Å²) in [4.78, 5) is 34.3. The molecule has 5 aromatic rings. The van der Waals surface area contributed by atoms with E-state index in [1.165, 1.54) is 24.3 Å². The summed E-state index contributed by atoms with van der Waals surface area (Å²) in [5.41, 5.74) is 1.87. The lowest BCUT2D eigenvalue weighted by Gasteiger charge is -2.35. The van der Waals surface area contributed by atoms with Gasteiger partial charge in [-0.15, -0.1) is 0 Å². The van der Waals surface area contributed by atoms with Crippen LogP contribution in [-0.2, 0) is 16.6 Å². The molecule has 1 fully saturated rings. The van der Waals surface area contributed by atoms with Crippen molar-refractivity contribution in [1.82, 2.24) is 24.3 Å². The summed E-state index contributed by atoms with van der Waals surface area (Å²) in [6.07, 6.45) is 4.69. The fraction of sp³-hybridized carbons (Fsp3) is 0.258. The van der Waals surface area contributed by atoms with Crippen molar-refractivity contribution in [3.8, 4) is 17.3 Å². The first-order chi connectivity index (χ1) is 21.0. The molecule has 0 aliphatic carbocycles. The zero-order valence-electron chi connectivity index (χ0n) is 23.4. The Morgan fingerprint density at radius 3 is 2.55 bits per heavy atom. The van der Waals surface area contributed by atoms with Gasteiger partial charge in [0.15, 0.2) is 11.5 Å². The molecule has 5 heterocycles. The highest BCUT2D eigenvalue weighted by Gasteiger charge is 2.49. The third kappa shape index (κ3) is 4.69. The van der Waals surface area contributed by atoms with Gasteiger partial charge in [0.2, 0.25) is 5.91 Å². The SMILES string of the molecule is C[C@@]1(c2ccc(Cl)c(O)c2)C(=O)Nc2nc(-c3cn4ccnc4c(Cc4ccc(F)cc4)n3)nc(N3CCC(F)(F)CC3)c21. The molecule has 1 saturated heterocycles. The molecule has 2 N–H and O–H groups in total. The quantitative estimate of drug-likeness (QED) is 0.257. The summed E-state index contributed by atoms with van der Waals surface area (Å²) in [7, 11) is 0. The van der Waals surface area contributed by atoms with Gasteiger partial charge < -0.3 is 19.7 Å². The van der Waals surface area contributed by atoms with Gasteiger partial charge in [-0.05, 0) is 42.3 Å². The van der Waals surface area contributed by atoms with Gasteiger partial charge in [-0.25, -0.2) is 33.1 Å². The van der Waals surface area contributed by atoms with E-state index >= 15 is 0 Å². The summed E-state index contributed by atoms with van der Waals surface area (Å²) in [6.45, 7) is 1.70. The van der Waals surface area contributed by atoms with Crippen LogP contribution in [0.25, 0.3) is 17.2 Å². The number of phenols is 1. The number of piperidine rings is 1. The summed E-state index contributed by atoms with van der Waals surface area (Å²) in [5.74, 6) is -3.05. The molecule has 0 radical (unpaired) electrons. The number of nitrogens with one attached hydrogen (secondary N) is 1. The molecule has 224 valence electrons. The van der Waals surface area contributed by atoms with E-state index in [1.54, 1.807) is 53.0 Å². The molecule has 0 bridgehead atoms. The molecule has 44 heavy (non-hydrogen) atoms. The maximum Gasteiger partial charge on any atom is 0.251 e. The second-order valence-corrected chi connectivity index (χ2v) is 11.6. The van der Waals surface area contributed by atoms with Crippen LogP contribution in [0.1, 0.15) is 42.1 Å². The number of halogens is 4. The average Bonchev–Trinajstić information content (AvgIpc) is 3.58. The van der Waals surface area contributed by atoms with E-state index in [0.717, 1.165) is 5.56 Å². The number of phenolic OH excluding ortho intramolecular Hbond substituents is 1. The lowest BCUT2D eigenvalue weighted by Crippen LogP contribution is -2.41. The Bertz CT molecular complexity index is 1940. The van der Waals surface area contributed by atoms with Crippen molar-refractivity contribution in [3.63, 3.8) is 0 Å². The van der Waals surface area contributed by atoms with Crippen LogP contribution in [0.2, 0.25) is 5.02 Å². The van der Waals surface area contributed by atoms with E-state index in [2.05, 4.69) is 10.3 Å². The standard InChI is InChI=1S/C31H25ClF3N7O2/c1-30(18-4-7-20(32)23(43)15-18)24-26(40-29(30)44)38-25(39-28(24)41-11-8-31(34,35)9-12-41)22-16-42-13-10-36-27(42)21(37-22)14-17-2-5-19(33)6-3-17/h2-7,10,13,15-16,43H,8-9,11-12,14H2,1H3,(H,38,39,40,44)/t30-/m0/s1. The zero-order chi connectivity index (χ0) is 30.8. The number of hydrogen-bond acceptors (Lipinski definition) is 7. The number of anilines is 2. The van der Waals surface area contributed by atoms with Crippen molar-refractivity contribution in [2.75, 3.05) is 23.3 Å². The highest BCUT2D eigenvalue weighted by atomic mass is 35.5. The Labute approximate surface area is 254 Å². The van der Waals surface area contributed by atoms with Crippen LogP contribution in [0.15, 0.2) is 61.1 Å². The molecular formula is C31H25ClF3N7O2. The number of carbonyl (C=O) groups is 1. The third-order valence-electron chi connectivity index (χ3n) is 8.35. The van der Waals surface area contributed by atoms with Crippen molar-refractivity contribution in [3.05, 3.63) is 94.3 Å². The van der Waals surface area contributed by atoms with Crippen LogP contribution in [0.3, 0.4) is 0 Å². The fourth-order valence-electron chi connectivity index (χ4n) is 5.85.